The predicted molar refractivity (Wildman–Crippen MR) is 59.1 cm³/mol. The van der Waals surface area contributed by atoms with Gasteiger partial charge in [-0.1, -0.05) is 33.2 Å². The molecule has 0 aliphatic carbocycles. The Balaban J connectivity index is 2.99. The monoisotopic (exact) mass is 271 g/mol. The van der Waals surface area contributed by atoms with Crippen LogP contribution in [0.5, 0.6) is 0 Å². The summed E-state index contributed by atoms with van der Waals surface area (Å²) in [6.07, 6.45) is 0. The second-order valence-corrected chi connectivity index (χ2v) is 3.60. The van der Waals surface area contributed by atoms with Crippen LogP contribution in [0.15, 0.2) is 33.9 Å². The zero-order valence-electron chi connectivity index (χ0n) is 8.11. The van der Waals surface area contributed by atoms with Crippen LogP contribution in [-0.2, 0) is 9.53 Å². The van der Waals surface area contributed by atoms with Gasteiger partial charge in [0.1, 0.15) is 0 Å². The van der Waals surface area contributed by atoms with Crippen molar-refractivity contribution in [3.63, 3.8) is 0 Å². The topological polar surface area (TPSA) is 58.9 Å². The highest BCUT2D eigenvalue weighted by Gasteiger charge is 2.15. The van der Waals surface area contributed by atoms with Gasteiger partial charge in [-0.15, -0.1) is 0 Å². The number of halogens is 1. The highest BCUT2D eigenvalue weighted by molar-refractivity contribution is 9.10. The maximum Gasteiger partial charge on any atom is 0.361 e. The number of ether oxygens (including phenoxy) is 1. The number of hydrogen-bond donors (Lipinski definition) is 1. The number of rotatable bonds is 3. The Hall–Kier alpha value is -1.36. The first-order chi connectivity index (χ1) is 7.19. The van der Waals surface area contributed by atoms with E-state index in [1.807, 2.05) is 6.07 Å². The second-order valence-electron chi connectivity index (χ2n) is 2.68. The van der Waals surface area contributed by atoms with Gasteiger partial charge in [-0.2, -0.15) is 0 Å². The Morgan fingerprint density at radius 2 is 2.33 bits per heavy atom. The Kier molecular flexibility index (Phi) is 4.30. The molecule has 1 rings (SSSR count). The summed E-state index contributed by atoms with van der Waals surface area (Å²) in [6.45, 7) is 1.93. The van der Waals surface area contributed by atoms with E-state index in [1.165, 1.54) is 0 Å². The number of hydrogen-bond acceptors (Lipinski definition) is 4. The molecule has 0 aliphatic rings. The van der Waals surface area contributed by atoms with E-state index < -0.39 is 5.97 Å². The van der Waals surface area contributed by atoms with Crippen LogP contribution in [0.1, 0.15) is 12.5 Å². The number of oxime groups is 1. The third kappa shape index (κ3) is 3.06. The summed E-state index contributed by atoms with van der Waals surface area (Å²) in [7, 11) is 0. The van der Waals surface area contributed by atoms with Crippen LogP contribution in [-0.4, -0.2) is 23.5 Å². The third-order valence-electron chi connectivity index (χ3n) is 1.67. The normalized spacial score (nSPS) is 11.2. The van der Waals surface area contributed by atoms with Crippen molar-refractivity contribution >= 4 is 27.6 Å². The molecule has 0 spiro atoms. The SMILES string of the molecule is CCOC(=O)/C(=N\O)c1cccc(Br)c1. The summed E-state index contributed by atoms with van der Waals surface area (Å²) >= 11 is 3.26. The molecule has 1 aromatic carbocycles. The first kappa shape index (κ1) is 11.7. The summed E-state index contributed by atoms with van der Waals surface area (Å²) in [5.41, 5.74) is 0.406. The maximum absolute atomic E-state index is 11.4. The molecule has 0 fully saturated rings. The van der Waals surface area contributed by atoms with Crippen LogP contribution in [0.25, 0.3) is 0 Å². The van der Waals surface area contributed by atoms with Crippen LogP contribution in [0.2, 0.25) is 0 Å². The molecule has 1 aromatic rings. The van der Waals surface area contributed by atoms with Crippen LogP contribution in [0, 0.1) is 0 Å². The summed E-state index contributed by atoms with van der Waals surface area (Å²) in [6, 6.07) is 6.89. The number of nitrogens with zero attached hydrogens (tertiary/aromatic N) is 1. The van der Waals surface area contributed by atoms with Gasteiger partial charge in [0.2, 0.25) is 0 Å². The van der Waals surface area contributed by atoms with Crippen molar-refractivity contribution in [3.05, 3.63) is 34.3 Å². The largest absolute Gasteiger partial charge is 0.461 e. The number of benzene rings is 1. The van der Waals surface area contributed by atoms with Crippen molar-refractivity contribution in [2.24, 2.45) is 5.16 Å². The van der Waals surface area contributed by atoms with E-state index in [-0.39, 0.29) is 12.3 Å². The van der Waals surface area contributed by atoms with E-state index in [2.05, 4.69) is 21.1 Å². The van der Waals surface area contributed by atoms with E-state index in [4.69, 9.17) is 9.94 Å². The molecule has 0 heterocycles. The highest BCUT2D eigenvalue weighted by Crippen LogP contribution is 2.13. The molecule has 0 unspecified atom stereocenters. The minimum absolute atomic E-state index is 0.0989. The van der Waals surface area contributed by atoms with Gasteiger partial charge < -0.3 is 9.94 Å². The fourth-order valence-electron chi connectivity index (χ4n) is 1.05. The fourth-order valence-corrected chi connectivity index (χ4v) is 1.45. The molecule has 1 N–H and O–H groups in total. The molecule has 0 radical (unpaired) electrons. The van der Waals surface area contributed by atoms with E-state index in [1.54, 1.807) is 25.1 Å². The van der Waals surface area contributed by atoms with Crippen molar-refractivity contribution in [2.45, 2.75) is 6.92 Å². The first-order valence-corrected chi connectivity index (χ1v) is 5.13. The molecule has 5 heteroatoms. The van der Waals surface area contributed by atoms with Crippen LogP contribution >= 0.6 is 15.9 Å². The minimum Gasteiger partial charge on any atom is -0.461 e. The van der Waals surface area contributed by atoms with Crippen molar-refractivity contribution < 1.29 is 14.7 Å². The molecular formula is C10H10BrNO3. The third-order valence-corrected chi connectivity index (χ3v) is 2.16. The van der Waals surface area contributed by atoms with Gasteiger partial charge in [0.25, 0.3) is 0 Å². The zero-order chi connectivity index (χ0) is 11.3. The average molecular weight is 272 g/mol. The Morgan fingerprint density at radius 3 is 2.87 bits per heavy atom. The van der Waals surface area contributed by atoms with Gasteiger partial charge in [0, 0.05) is 10.0 Å². The number of esters is 1. The second kappa shape index (κ2) is 5.50. The lowest BCUT2D eigenvalue weighted by Gasteiger charge is -2.04. The van der Waals surface area contributed by atoms with Crippen molar-refractivity contribution in [3.8, 4) is 0 Å². The van der Waals surface area contributed by atoms with Gasteiger partial charge in [0.15, 0.2) is 5.71 Å². The van der Waals surface area contributed by atoms with Gasteiger partial charge >= 0.3 is 5.97 Å². The van der Waals surface area contributed by atoms with Gasteiger partial charge in [-0.3, -0.25) is 0 Å². The van der Waals surface area contributed by atoms with Crippen molar-refractivity contribution in [1.29, 1.82) is 0 Å². The van der Waals surface area contributed by atoms with Gasteiger partial charge in [-0.25, -0.2) is 4.79 Å². The molecule has 0 saturated heterocycles. The maximum atomic E-state index is 11.4. The smallest absolute Gasteiger partial charge is 0.361 e. The molecule has 0 aromatic heterocycles. The summed E-state index contributed by atoms with van der Waals surface area (Å²) < 4.78 is 5.54. The zero-order valence-corrected chi connectivity index (χ0v) is 9.69. The minimum atomic E-state index is -0.641. The molecule has 0 atom stereocenters. The van der Waals surface area contributed by atoms with Crippen LogP contribution < -0.4 is 0 Å². The Morgan fingerprint density at radius 1 is 1.60 bits per heavy atom. The molecule has 0 bridgehead atoms. The number of carbonyl (C=O) groups is 1. The molecule has 4 nitrogen and oxygen atoms in total. The summed E-state index contributed by atoms with van der Waals surface area (Å²) in [4.78, 5) is 11.4. The summed E-state index contributed by atoms with van der Waals surface area (Å²) in [5.74, 6) is -0.641. The standard InChI is InChI=1S/C10H10BrNO3/c1-2-15-10(13)9(12-14)7-4-3-5-8(11)6-7/h3-6,14H,2H2,1H3/b12-9-. The van der Waals surface area contributed by atoms with E-state index in [0.29, 0.717) is 5.56 Å². The van der Waals surface area contributed by atoms with Crippen molar-refractivity contribution in [2.75, 3.05) is 6.61 Å². The molecule has 0 saturated carbocycles. The lowest BCUT2D eigenvalue weighted by atomic mass is 10.1. The molecular weight excluding hydrogens is 262 g/mol. The molecule has 0 aliphatic heterocycles. The quantitative estimate of drug-likeness (QED) is 0.397. The highest BCUT2D eigenvalue weighted by atomic mass is 79.9. The Labute approximate surface area is 95.7 Å². The van der Waals surface area contributed by atoms with E-state index in [9.17, 15) is 4.79 Å². The predicted octanol–water partition coefficient (Wildman–Crippen LogP) is 2.19. The van der Waals surface area contributed by atoms with E-state index >= 15 is 0 Å². The van der Waals surface area contributed by atoms with Crippen molar-refractivity contribution in [1.82, 2.24) is 0 Å². The lowest BCUT2D eigenvalue weighted by Crippen LogP contribution is -2.18. The van der Waals surface area contributed by atoms with Gasteiger partial charge in [-0.05, 0) is 19.1 Å². The molecule has 80 valence electrons. The Bertz CT molecular complexity index is 390. The average Bonchev–Trinajstić information content (AvgIpc) is 2.19. The molecule has 15 heavy (non-hydrogen) atoms. The fraction of sp³-hybridized carbons (Fsp3) is 0.200. The lowest BCUT2D eigenvalue weighted by molar-refractivity contribution is -0.135. The van der Waals surface area contributed by atoms with Crippen LogP contribution in [0.4, 0.5) is 0 Å². The van der Waals surface area contributed by atoms with Crippen LogP contribution in [0.3, 0.4) is 0 Å². The number of carbonyl (C=O) groups excluding carboxylic acids is 1. The van der Waals surface area contributed by atoms with Gasteiger partial charge in [0.05, 0.1) is 6.61 Å². The molecule has 0 amide bonds. The van der Waals surface area contributed by atoms with E-state index in [0.717, 1.165) is 4.47 Å². The first-order valence-electron chi connectivity index (χ1n) is 4.34. The summed E-state index contributed by atoms with van der Waals surface area (Å²) in [5, 5.41) is 11.7.